The first kappa shape index (κ1) is 17.9. The molecular weight excluding hydrogens is 368 g/mol. The molecule has 1 aromatic carbocycles. The van der Waals surface area contributed by atoms with Gasteiger partial charge in [0.05, 0.1) is 11.2 Å². The van der Waals surface area contributed by atoms with Crippen LogP contribution < -0.4 is 15.5 Å². The van der Waals surface area contributed by atoms with Crippen molar-refractivity contribution in [2.24, 2.45) is 5.92 Å². The number of carboxylic acid groups (broad SMARTS) is 1. The third-order valence-corrected chi connectivity index (χ3v) is 5.73. The van der Waals surface area contributed by atoms with Crippen molar-refractivity contribution in [3.05, 3.63) is 35.0 Å². The quantitative estimate of drug-likeness (QED) is 0.746. The van der Waals surface area contributed by atoms with E-state index in [-0.39, 0.29) is 12.1 Å². The van der Waals surface area contributed by atoms with Gasteiger partial charge in [-0.3, -0.25) is 9.88 Å². The van der Waals surface area contributed by atoms with Gasteiger partial charge in [0.25, 0.3) is 0 Å². The fourth-order valence-corrected chi connectivity index (χ4v) is 4.32. The van der Waals surface area contributed by atoms with Crippen molar-refractivity contribution in [2.45, 2.75) is 38.3 Å². The lowest BCUT2D eigenvalue weighted by molar-refractivity contribution is 0.189. The molecule has 27 heavy (non-hydrogen) atoms. The molecule has 1 fully saturated rings. The number of benzene rings is 1. The second kappa shape index (κ2) is 7.23. The van der Waals surface area contributed by atoms with Gasteiger partial charge in [-0.25, -0.2) is 9.59 Å². The predicted octanol–water partition coefficient (Wildman–Crippen LogP) is 3.74. The second-order valence-electron chi connectivity index (χ2n) is 7.18. The zero-order valence-electron chi connectivity index (χ0n) is 14.7. The van der Waals surface area contributed by atoms with E-state index in [0.717, 1.165) is 47.8 Å². The molecule has 0 bridgehead atoms. The van der Waals surface area contributed by atoms with Crippen molar-refractivity contribution in [3.8, 4) is 0 Å². The number of fused-ring (bicyclic) bond motifs is 3. The number of pyridine rings is 1. The van der Waals surface area contributed by atoms with Gasteiger partial charge < -0.3 is 15.7 Å². The number of urea groups is 1. The van der Waals surface area contributed by atoms with Crippen molar-refractivity contribution in [1.29, 1.82) is 0 Å². The Morgan fingerprint density at radius 2 is 2.11 bits per heavy atom. The van der Waals surface area contributed by atoms with Gasteiger partial charge in [0.1, 0.15) is 0 Å². The van der Waals surface area contributed by atoms with Gasteiger partial charge in [0.15, 0.2) is 0 Å². The van der Waals surface area contributed by atoms with Crippen molar-refractivity contribution in [2.75, 3.05) is 11.4 Å². The minimum Gasteiger partial charge on any atom is -0.465 e. The van der Waals surface area contributed by atoms with Crippen LogP contribution in [-0.2, 0) is 6.54 Å². The van der Waals surface area contributed by atoms with Crippen LogP contribution in [0.1, 0.15) is 31.2 Å². The summed E-state index contributed by atoms with van der Waals surface area (Å²) in [5.74, 6) is 0.313. The number of aromatic nitrogens is 1. The summed E-state index contributed by atoms with van der Waals surface area (Å²) < 4.78 is 0. The van der Waals surface area contributed by atoms with Gasteiger partial charge in [-0.2, -0.15) is 0 Å². The van der Waals surface area contributed by atoms with Gasteiger partial charge >= 0.3 is 12.1 Å². The Hall–Kier alpha value is -2.54. The number of nitrogens with zero attached hydrogens (tertiary/aromatic N) is 2. The number of amides is 3. The van der Waals surface area contributed by atoms with E-state index >= 15 is 0 Å². The molecule has 3 amide bonds. The van der Waals surface area contributed by atoms with E-state index in [1.165, 1.54) is 0 Å². The average Bonchev–Trinajstić information content (AvgIpc) is 2.66. The normalized spacial score (nSPS) is 22.3. The highest BCUT2D eigenvalue weighted by Gasteiger charge is 2.34. The van der Waals surface area contributed by atoms with E-state index in [4.69, 9.17) is 16.7 Å². The molecule has 1 aliphatic heterocycles. The van der Waals surface area contributed by atoms with Gasteiger partial charge in [0.2, 0.25) is 0 Å². The minimum absolute atomic E-state index is 0.0784. The van der Waals surface area contributed by atoms with Crippen LogP contribution in [0.4, 0.5) is 15.3 Å². The van der Waals surface area contributed by atoms with Crippen LogP contribution in [0.25, 0.3) is 10.9 Å². The molecule has 0 radical (unpaired) electrons. The smallest absolute Gasteiger partial charge is 0.404 e. The molecule has 2 heterocycles. The van der Waals surface area contributed by atoms with E-state index in [2.05, 4.69) is 15.6 Å². The van der Waals surface area contributed by atoms with Gasteiger partial charge in [-0.1, -0.05) is 11.6 Å². The summed E-state index contributed by atoms with van der Waals surface area (Å²) in [5, 5.41) is 15.7. The number of nitrogens with one attached hydrogen (secondary N) is 2. The summed E-state index contributed by atoms with van der Waals surface area (Å²) in [6, 6.07) is 5.53. The summed E-state index contributed by atoms with van der Waals surface area (Å²) in [4.78, 5) is 29.8. The number of halogens is 1. The van der Waals surface area contributed by atoms with Gasteiger partial charge in [-0.15, -0.1) is 0 Å². The van der Waals surface area contributed by atoms with E-state index in [9.17, 15) is 9.59 Å². The molecule has 2 aliphatic rings. The zero-order chi connectivity index (χ0) is 19.0. The fraction of sp³-hybridized carbons (Fsp3) is 0.421. The monoisotopic (exact) mass is 388 g/mol. The maximum Gasteiger partial charge on any atom is 0.404 e. The van der Waals surface area contributed by atoms with Crippen molar-refractivity contribution >= 4 is 40.3 Å². The molecular formula is C19H21ClN4O3. The van der Waals surface area contributed by atoms with E-state index in [0.29, 0.717) is 24.0 Å². The molecule has 0 spiro atoms. The Morgan fingerprint density at radius 3 is 2.85 bits per heavy atom. The molecule has 1 aromatic heterocycles. The summed E-state index contributed by atoms with van der Waals surface area (Å²) >= 11 is 6.21. The third kappa shape index (κ3) is 3.51. The molecule has 4 rings (SSSR count). The molecule has 0 saturated heterocycles. The predicted molar refractivity (Wildman–Crippen MR) is 103 cm³/mol. The topological polar surface area (TPSA) is 94.6 Å². The fourth-order valence-electron chi connectivity index (χ4n) is 4.15. The summed E-state index contributed by atoms with van der Waals surface area (Å²) in [5.41, 5.74) is 2.70. The Balaban J connectivity index is 1.62. The molecule has 3 N–H and O–H groups in total. The van der Waals surface area contributed by atoms with Gasteiger partial charge in [0, 0.05) is 41.3 Å². The molecule has 0 unspecified atom stereocenters. The number of hydrogen-bond acceptors (Lipinski definition) is 3. The molecule has 1 saturated carbocycles. The first-order chi connectivity index (χ1) is 13.0. The highest BCUT2D eigenvalue weighted by molar-refractivity contribution is 6.31. The number of carbonyl (C=O) groups excluding carboxylic acids is 1. The van der Waals surface area contributed by atoms with Crippen molar-refractivity contribution in [3.63, 3.8) is 0 Å². The maximum atomic E-state index is 12.8. The Labute approximate surface area is 161 Å². The molecule has 8 heteroatoms. The van der Waals surface area contributed by atoms with Crippen molar-refractivity contribution < 1.29 is 14.7 Å². The first-order valence-corrected chi connectivity index (χ1v) is 9.51. The van der Waals surface area contributed by atoms with Crippen LogP contribution in [0.5, 0.6) is 0 Å². The molecule has 7 nitrogen and oxygen atoms in total. The van der Waals surface area contributed by atoms with Crippen LogP contribution in [0.3, 0.4) is 0 Å². The molecule has 0 atom stereocenters. The average molecular weight is 389 g/mol. The van der Waals surface area contributed by atoms with Crippen molar-refractivity contribution in [1.82, 2.24) is 15.6 Å². The number of hydrogen-bond donors (Lipinski definition) is 3. The largest absolute Gasteiger partial charge is 0.465 e. The van der Waals surface area contributed by atoms with E-state index in [1.54, 1.807) is 6.07 Å². The van der Waals surface area contributed by atoms with Crippen LogP contribution in [0.2, 0.25) is 5.02 Å². The number of rotatable bonds is 3. The standard InChI is InChI=1S/C19H21ClN4O3/c20-13-3-6-16-15(7-13)17-12(9-21-16)10-22-18(25)24(17)14-4-1-11(2-5-14)8-23-19(26)27/h3,6-7,9,11,14,23H,1-2,4-5,8,10H2,(H,22,25)(H,26,27)/t11-,14-. The lowest BCUT2D eigenvalue weighted by atomic mass is 9.84. The second-order valence-corrected chi connectivity index (χ2v) is 7.62. The highest BCUT2D eigenvalue weighted by atomic mass is 35.5. The van der Waals surface area contributed by atoms with E-state index < -0.39 is 6.09 Å². The van der Waals surface area contributed by atoms with Crippen LogP contribution >= 0.6 is 11.6 Å². The summed E-state index contributed by atoms with van der Waals surface area (Å²) in [7, 11) is 0. The Kier molecular flexibility index (Phi) is 4.78. The zero-order valence-corrected chi connectivity index (χ0v) is 15.5. The Morgan fingerprint density at radius 1 is 1.33 bits per heavy atom. The lowest BCUT2D eigenvalue weighted by Gasteiger charge is -2.40. The maximum absolute atomic E-state index is 12.8. The van der Waals surface area contributed by atoms with Crippen LogP contribution in [0, 0.1) is 5.92 Å². The number of anilines is 1. The first-order valence-electron chi connectivity index (χ1n) is 9.14. The summed E-state index contributed by atoms with van der Waals surface area (Å²) in [6.45, 7) is 0.922. The van der Waals surface area contributed by atoms with Gasteiger partial charge in [-0.05, 0) is 49.8 Å². The molecule has 1 aliphatic carbocycles. The number of carbonyl (C=O) groups is 2. The molecule has 142 valence electrons. The van der Waals surface area contributed by atoms with Crippen LogP contribution in [0.15, 0.2) is 24.4 Å². The van der Waals surface area contributed by atoms with E-state index in [1.807, 2.05) is 23.2 Å². The summed E-state index contributed by atoms with van der Waals surface area (Å²) in [6.07, 6.45) is 4.27. The minimum atomic E-state index is -0.989. The lowest BCUT2D eigenvalue weighted by Crippen LogP contribution is -2.51. The Bertz CT molecular complexity index is 896. The van der Waals surface area contributed by atoms with Crippen LogP contribution in [-0.4, -0.2) is 34.8 Å². The SMILES string of the molecule is O=C(O)NC[C@H]1CC[C@H](N2C(=O)NCc3cnc4ccc(Cl)cc4c32)CC1. The highest BCUT2D eigenvalue weighted by Crippen LogP contribution is 2.38. The molecule has 2 aromatic rings. The third-order valence-electron chi connectivity index (χ3n) is 5.49.